The third kappa shape index (κ3) is 4.10. The van der Waals surface area contributed by atoms with Crippen LogP contribution in [0.5, 0.6) is 5.75 Å². The second-order valence-electron chi connectivity index (χ2n) is 5.66. The van der Waals surface area contributed by atoms with Crippen molar-refractivity contribution < 1.29 is 5.11 Å². The van der Waals surface area contributed by atoms with Gasteiger partial charge in [0.15, 0.2) is 0 Å². The van der Waals surface area contributed by atoms with Gasteiger partial charge in [-0.15, -0.1) is 0 Å². The molecule has 0 aromatic heterocycles. The molecule has 1 aromatic carbocycles. The molecule has 0 amide bonds. The number of benzene rings is 1. The summed E-state index contributed by atoms with van der Waals surface area (Å²) in [5, 5.41) is 13.3. The van der Waals surface area contributed by atoms with E-state index >= 15 is 0 Å². The van der Waals surface area contributed by atoms with Crippen LogP contribution in [0.2, 0.25) is 5.02 Å². The number of phenolic OH excluding ortho intramolecular Hbond substituents is 1. The molecule has 2 rings (SSSR count). The fourth-order valence-electron chi connectivity index (χ4n) is 2.58. The Hall–Kier alpha value is -0.770. The minimum atomic E-state index is 0.147. The molecule has 0 saturated carbocycles. The van der Waals surface area contributed by atoms with Crippen LogP contribution in [0.1, 0.15) is 25.8 Å². The van der Waals surface area contributed by atoms with Crippen LogP contribution in [-0.4, -0.2) is 35.7 Å². The van der Waals surface area contributed by atoms with Crippen molar-refractivity contribution in [2.24, 2.45) is 5.92 Å². The van der Waals surface area contributed by atoms with Gasteiger partial charge in [-0.3, -0.25) is 0 Å². The van der Waals surface area contributed by atoms with Crippen molar-refractivity contribution in [2.75, 3.05) is 19.6 Å². The molecular formula is C15H23ClN2O. The number of hydrogen-bond donors (Lipinski definition) is 2. The van der Waals surface area contributed by atoms with Gasteiger partial charge in [0.05, 0.1) is 5.02 Å². The van der Waals surface area contributed by atoms with E-state index in [4.69, 9.17) is 11.6 Å². The zero-order valence-corrected chi connectivity index (χ0v) is 12.5. The standard InChI is InChI=1S/C15H23ClN2O/c1-11(2)18-6-5-13(10-18)9-17-8-12-3-4-15(19)14(16)7-12/h3-4,7,11,13,17,19H,5-6,8-10H2,1-2H3. The zero-order chi connectivity index (χ0) is 13.8. The summed E-state index contributed by atoms with van der Waals surface area (Å²) in [6.45, 7) is 8.78. The summed E-state index contributed by atoms with van der Waals surface area (Å²) in [6, 6.07) is 6.03. The molecule has 2 N–H and O–H groups in total. The van der Waals surface area contributed by atoms with Gasteiger partial charge in [0.2, 0.25) is 0 Å². The van der Waals surface area contributed by atoms with Crippen molar-refractivity contribution in [2.45, 2.75) is 32.9 Å². The first-order valence-corrected chi connectivity index (χ1v) is 7.36. The Labute approximate surface area is 120 Å². The number of halogens is 1. The summed E-state index contributed by atoms with van der Waals surface area (Å²) in [5.74, 6) is 0.892. The van der Waals surface area contributed by atoms with Crippen molar-refractivity contribution in [1.82, 2.24) is 10.2 Å². The van der Waals surface area contributed by atoms with Crippen LogP contribution < -0.4 is 5.32 Å². The summed E-state index contributed by atoms with van der Waals surface area (Å²) >= 11 is 5.89. The lowest BCUT2D eigenvalue weighted by Crippen LogP contribution is -2.30. The lowest BCUT2D eigenvalue weighted by atomic mass is 10.1. The average Bonchev–Trinajstić information content (AvgIpc) is 2.83. The minimum Gasteiger partial charge on any atom is -0.506 e. The highest BCUT2D eigenvalue weighted by Crippen LogP contribution is 2.23. The number of phenols is 1. The first kappa shape index (κ1) is 14.6. The van der Waals surface area contributed by atoms with Gasteiger partial charge in [-0.25, -0.2) is 0 Å². The van der Waals surface area contributed by atoms with Crippen LogP contribution in [0.15, 0.2) is 18.2 Å². The number of likely N-dealkylation sites (tertiary alicyclic amines) is 1. The van der Waals surface area contributed by atoms with Gasteiger partial charge in [-0.2, -0.15) is 0 Å². The molecule has 19 heavy (non-hydrogen) atoms. The molecule has 106 valence electrons. The van der Waals surface area contributed by atoms with Gasteiger partial charge in [0, 0.05) is 19.1 Å². The fraction of sp³-hybridized carbons (Fsp3) is 0.600. The highest BCUT2D eigenvalue weighted by atomic mass is 35.5. The van der Waals surface area contributed by atoms with E-state index in [1.165, 1.54) is 19.5 Å². The van der Waals surface area contributed by atoms with Crippen LogP contribution in [0, 0.1) is 5.92 Å². The van der Waals surface area contributed by atoms with E-state index < -0.39 is 0 Å². The van der Waals surface area contributed by atoms with Gasteiger partial charge in [-0.05, 0) is 57.0 Å². The molecular weight excluding hydrogens is 260 g/mol. The lowest BCUT2D eigenvalue weighted by Gasteiger charge is -2.20. The minimum absolute atomic E-state index is 0.147. The van der Waals surface area contributed by atoms with Gasteiger partial charge in [-0.1, -0.05) is 17.7 Å². The van der Waals surface area contributed by atoms with E-state index in [1.807, 2.05) is 12.1 Å². The summed E-state index contributed by atoms with van der Waals surface area (Å²) in [4.78, 5) is 2.53. The summed E-state index contributed by atoms with van der Waals surface area (Å²) < 4.78 is 0. The summed E-state index contributed by atoms with van der Waals surface area (Å²) in [5.41, 5.74) is 1.11. The van der Waals surface area contributed by atoms with Gasteiger partial charge < -0.3 is 15.3 Å². The smallest absolute Gasteiger partial charge is 0.134 e. The predicted molar refractivity (Wildman–Crippen MR) is 79.6 cm³/mol. The SMILES string of the molecule is CC(C)N1CCC(CNCc2ccc(O)c(Cl)c2)C1. The van der Waals surface area contributed by atoms with Crippen LogP contribution in [0.25, 0.3) is 0 Å². The molecule has 1 atom stereocenters. The van der Waals surface area contributed by atoms with Crippen molar-refractivity contribution in [3.8, 4) is 5.75 Å². The zero-order valence-electron chi connectivity index (χ0n) is 11.7. The van der Waals surface area contributed by atoms with Gasteiger partial charge in [0.1, 0.15) is 5.75 Å². The molecule has 1 aromatic rings. The molecule has 1 fully saturated rings. The number of nitrogens with one attached hydrogen (secondary N) is 1. The van der Waals surface area contributed by atoms with Crippen molar-refractivity contribution in [1.29, 1.82) is 0 Å². The topological polar surface area (TPSA) is 35.5 Å². The first-order chi connectivity index (χ1) is 9.06. The molecule has 1 unspecified atom stereocenters. The number of aromatic hydroxyl groups is 1. The van der Waals surface area contributed by atoms with E-state index in [-0.39, 0.29) is 5.75 Å². The number of rotatable bonds is 5. The average molecular weight is 283 g/mol. The monoisotopic (exact) mass is 282 g/mol. The summed E-state index contributed by atoms with van der Waals surface area (Å²) in [6.07, 6.45) is 1.28. The fourth-order valence-corrected chi connectivity index (χ4v) is 2.78. The molecule has 0 spiro atoms. The van der Waals surface area contributed by atoms with E-state index in [1.54, 1.807) is 6.07 Å². The predicted octanol–water partition coefficient (Wildman–Crippen LogP) is 2.87. The maximum Gasteiger partial charge on any atom is 0.134 e. The van der Waals surface area contributed by atoms with E-state index in [0.717, 1.165) is 24.6 Å². The van der Waals surface area contributed by atoms with E-state index in [0.29, 0.717) is 11.1 Å². The maximum atomic E-state index is 9.36. The molecule has 1 aliphatic rings. The largest absolute Gasteiger partial charge is 0.506 e. The number of nitrogens with zero attached hydrogens (tertiary/aromatic N) is 1. The molecule has 3 nitrogen and oxygen atoms in total. The Morgan fingerprint density at radius 1 is 1.47 bits per heavy atom. The molecule has 4 heteroatoms. The first-order valence-electron chi connectivity index (χ1n) is 6.98. The molecule has 0 bridgehead atoms. The van der Waals surface area contributed by atoms with Crippen LogP contribution >= 0.6 is 11.6 Å². The third-order valence-corrected chi connectivity index (χ3v) is 4.12. The highest BCUT2D eigenvalue weighted by Gasteiger charge is 2.23. The number of hydrogen-bond acceptors (Lipinski definition) is 3. The quantitative estimate of drug-likeness (QED) is 0.872. The lowest BCUT2D eigenvalue weighted by molar-refractivity contribution is 0.264. The molecule has 0 aliphatic carbocycles. The van der Waals surface area contributed by atoms with E-state index in [2.05, 4.69) is 24.1 Å². The van der Waals surface area contributed by atoms with Gasteiger partial charge >= 0.3 is 0 Å². The second-order valence-corrected chi connectivity index (χ2v) is 6.07. The van der Waals surface area contributed by atoms with Crippen LogP contribution in [-0.2, 0) is 6.54 Å². The van der Waals surface area contributed by atoms with Gasteiger partial charge in [0.25, 0.3) is 0 Å². The highest BCUT2D eigenvalue weighted by molar-refractivity contribution is 6.32. The van der Waals surface area contributed by atoms with Crippen molar-refractivity contribution in [3.63, 3.8) is 0 Å². The van der Waals surface area contributed by atoms with Crippen molar-refractivity contribution in [3.05, 3.63) is 28.8 Å². The Bertz CT molecular complexity index is 423. The molecule has 1 saturated heterocycles. The second kappa shape index (κ2) is 6.60. The maximum absolute atomic E-state index is 9.36. The normalized spacial score (nSPS) is 20.3. The Morgan fingerprint density at radius 2 is 2.26 bits per heavy atom. The van der Waals surface area contributed by atoms with E-state index in [9.17, 15) is 5.11 Å². The van der Waals surface area contributed by atoms with Crippen LogP contribution in [0.3, 0.4) is 0 Å². The third-order valence-electron chi connectivity index (χ3n) is 3.82. The molecule has 1 aliphatic heterocycles. The van der Waals surface area contributed by atoms with Crippen LogP contribution in [0.4, 0.5) is 0 Å². The Balaban J connectivity index is 1.73. The summed E-state index contributed by atoms with van der Waals surface area (Å²) in [7, 11) is 0. The molecule has 0 radical (unpaired) electrons. The Morgan fingerprint density at radius 3 is 2.89 bits per heavy atom. The Kier molecular flexibility index (Phi) is 5.08. The van der Waals surface area contributed by atoms with Crippen molar-refractivity contribution >= 4 is 11.6 Å². The molecule has 1 heterocycles.